The predicted octanol–water partition coefficient (Wildman–Crippen LogP) is 1.66. The first-order valence-corrected chi connectivity index (χ1v) is 8.27. The molecule has 124 valence electrons. The predicted molar refractivity (Wildman–Crippen MR) is 87.2 cm³/mol. The van der Waals surface area contributed by atoms with Crippen LogP contribution in [0, 0.1) is 0 Å². The number of rotatable bonds is 6. The van der Waals surface area contributed by atoms with E-state index in [4.69, 9.17) is 5.11 Å². The second kappa shape index (κ2) is 6.79. The number of carboxylic acid groups (broad SMARTS) is 1. The zero-order valence-corrected chi connectivity index (χ0v) is 13.4. The van der Waals surface area contributed by atoms with Crippen molar-refractivity contribution in [1.29, 1.82) is 0 Å². The summed E-state index contributed by atoms with van der Waals surface area (Å²) in [6, 6.07) is 6.68. The average Bonchev–Trinajstić information content (AvgIpc) is 3.25. The summed E-state index contributed by atoms with van der Waals surface area (Å²) in [6.45, 7) is 0.153. The van der Waals surface area contributed by atoms with Gasteiger partial charge >= 0.3 is 5.97 Å². The van der Waals surface area contributed by atoms with Gasteiger partial charge in [-0.1, -0.05) is 0 Å². The summed E-state index contributed by atoms with van der Waals surface area (Å²) >= 11 is 1.17. The lowest BCUT2D eigenvalue weighted by atomic mass is 10.1. The molecule has 7 nitrogen and oxygen atoms in total. The summed E-state index contributed by atoms with van der Waals surface area (Å²) in [5.74, 6) is -1.53. The van der Waals surface area contributed by atoms with Gasteiger partial charge < -0.3 is 15.7 Å². The van der Waals surface area contributed by atoms with Gasteiger partial charge in [-0.25, -0.2) is 9.78 Å². The molecule has 0 atom stereocenters. The van der Waals surface area contributed by atoms with Crippen molar-refractivity contribution in [2.45, 2.75) is 25.4 Å². The Bertz CT molecular complexity index is 781. The van der Waals surface area contributed by atoms with Gasteiger partial charge in [0.2, 0.25) is 0 Å². The van der Waals surface area contributed by atoms with Gasteiger partial charge in [0.25, 0.3) is 11.8 Å². The van der Waals surface area contributed by atoms with Crippen molar-refractivity contribution in [2.24, 2.45) is 0 Å². The Balaban J connectivity index is 1.55. The minimum Gasteiger partial charge on any atom is -0.476 e. The second-order valence-corrected chi connectivity index (χ2v) is 6.38. The minimum atomic E-state index is -1.09. The molecule has 1 aromatic heterocycles. The zero-order chi connectivity index (χ0) is 17.1. The van der Waals surface area contributed by atoms with Crippen molar-refractivity contribution >= 4 is 29.1 Å². The topological polar surface area (TPSA) is 108 Å². The molecule has 2 aromatic rings. The van der Waals surface area contributed by atoms with E-state index >= 15 is 0 Å². The molecule has 0 radical (unpaired) electrons. The van der Waals surface area contributed by atoms with Crippen LogP contribution in [0.4, 0.5) is 0 Å². The lowest BCUT2D eigenvalue weighted by Gasteiger charge is -2.06. The van der Waals surface area contributed by atoms with E-state index in [1.807, 2.05) is 0 Å². The number of hydrogen-bond acceptors (Lipinski definition) is 5. The number of aromatic nitrogens is 1. The molecule has 2 amide bonds. The Morgan fingerprint density at radius 1 is 1.12 bits per heavy atom. The Hall–Kier alpha value is -2.74. The molecular formula is C16H15N3O4S. The van der Waals surface area contributed by atoms with Crippen LogP contribution in [-0.2, 0) is 6.54 Å². The summed E-state index contributed by atoms with van der Waals surface area (Å²) in [4.78, 5) is 38.6. The number of carbonyl (C=O) groups is 3. The highest BCUT2D eigenvalue weighted by molar-refractivity contribution is 7.09. The Morgan fingerprint density at radius 3 is 2.29 bits per heavy atom. The smallest absolute Gasteiger partial charge is 0.355 e. The molecule has 0 saturated heterocycles. The van der Waals surface area contributed by atoms with Crippen LogP contribution in [0.15, 0.2) is 29.6 Å². The zero-order valence-electron chi connectivity index (χ0n) is 12.6. The molecule has 24 heavy (non-hydrogen) atoms. The number of amides is 2. The van der Waals surface area contributed by atoms with Crippen LogP contribution in [0.5, 0.6) is 0 Å². The molecule has 1 fully saturated rings. The summed E-state index contributed by atoms with van der Waals surface area (Å²) in [5, 5.41) is 16.3. The first-order valence-electron chi connectivity index (χ1n) is 7.40. The minimum absolute atomic E-state index is 0.0322. The molecule has 1 aliphatic rings. The largest absolute Gasteiger partial charge is 0.476 e. The third kappa shape index (κ3) is 3.96. The monoisotopic (exact) mass is 345 g/mol. The first kappa shape index (κ1) is 16.1. The molecule has 3 rings (SSSR count). The van der Waals surface area contributed by atoms with E-state index < -0.39 is 5.97 Å². The molecule has 1 heterocycles. The molecule has 0 spiro atoms. The first-order chi connectivity index (χ1) is 11.5. The van der Waals surface area contributed by atoms with E-state index in [1.165, 1.54) is 16.7 Å². The summed E-state index contributed by atoms with van der Waals surface area (Å²) in [7, 11) is 0. The summed E-state index contributed by atoms with van der Waals surface area (Å²) < 4.78 is 0. The molecule has 3 N–H and O–H groups in total. The van der Waals surface area contributed by atoms with Crippen molar-refractivity contribution < 1.29 is 19.5 Å². The number of nitrogens with zero attached hydrogens (tertiary/aromatic N) is 1. The Labute approximate surface area is 141 Å². The third-order valence-corrected chi connectivity index (χ3v) is 4.34. The van der Waals surface area contributed by atoms with E-state index in [0.29, 0.717) is 16.1 Å². The number of thiazole rings is 1. The summed E-state index contributed by atoms with van der Waals surface area (Å²) in [6.07, 6.45) is 2.04. The van der Waals surface area contributed by atoms with Crippen molar-refractivity contribution in [3.8, 4) is 0 Å². The van der Waals surface area contributed by atoms with Gasteiger partial charge in [-0.05, 0) is 37.1 Å². The van der Waals surface area contributed by atoms with Gasteiger partial charge in [-0.15, -0.1) is 11.3 Å². The molecule has 1 aliphatic carbocycles. The van der Waals surface area contributed by atoms with Crippen LogP contribution in [0.2, 0.25) is 0 Å². The van der Waals surface area contributed by atoms with Crippen molar-refractivity contribution in [1.82, 2.24) is 15.6 Å². The molecular weight excluding hydrogens is 330 g/mol. The highest BCUT2D eigenvalue weighted by Gasteiger charge is 2.23. The highest BCUT2D eigenvalue weighted by Crippen LogP contribution is 2.19. The Kier molecular flexibility index (Phi) is 4.57. The lowest BCUT2D eigenvalue weighted by molar-refractivity contribution is 0.0690. The third-order valence-electron chi connectivity index (χ3n) is 3.49. The number of hydrogen-bond donors (Lipinski definition) is 3. The summed E-state index contributed by atoms with van der Waals surface area (Å²) in [5.41, 5.74) is 0.910. The van der Waals surface area contributed by atoms with Crippen LogP contribution in [-0.4, -0.2) is 33.9 Å². The van der Waals surface area contributed by atoms with E-state index in [2.05, 4.69) is 15.6 Å². The van der Waals surface area contributed by atoms with Gasteiger partial charge in [-0.3, -0.25) is 9.59 Å². The number of carboxylic acids is 1. The molecule has 1 aromatic carbocycles. The van der Waals surface area contributed by atoms with Crippen molar-refractivity contribution in [3.63, 3.8) is 0 Å². The molecule has 0 aliphatic heterocycles. The van der Waals surface area contributed by atoms with Crippen LogP contribution in [0.1, 0.15) is 49.1 Å². The van der Waals surface area contributed by atoms with E-state index in [-0.39, 0.29) is 30.1 Å². The van der Waals surface area contributed by atoms with Gasteiger partial charge in [0.1, 0.15) is 5.01 Å². The average molecular weight is 345 g/mol. The number of aromatic carboxylic acids is 1. The van der Waals surface area contributed by atoms with Crippen LogP contribution in [0.25, 0.3) is 0 Å². The maximum absolute atomic E-state index is 12.1. The van der Waals surface area contributed by atoms with Gasteiger partial charge in [0.15, 0.2) is 5.69 Å². The quantitative estimate of drug-likeness (QED) is 0.738. The number of carbonyl (C=O) groups excluding carboxylic acids is 2. The lowest BCUT2D eigenvalue weighted by Crippen LogP contribution is -2.26. The van der Waals surface area contributed by atoms with E-state index in [0.717, 1.165) is 12.8 Å². The number of nitrogens with one attached hydrogen (secondary N) is 2. The Morgan fingerprint density at radius 2 is 1.75 bits per heavy atom. The van der Waals surface area contributed by atoms with Gasteiger partial charge in [0, 0.05) is 22.5 Å². The fourth-order valence-corrected chi connectivity index (χ4v) is 2.73. The highest BCUT2D eigenvalue weighted by atomic mass is 32.1. The van der Waals surface area contributed by atoms with E-state index in [1.54, 1.807) is 24.3 Å². The fraction of sp³-hybridized carbons (Fsp3) is 0.250. The maximum Gasteiger partial charge on any atom is 0.355 e. The maximum atomic E-state index is 12.1. The van der Waals surface area contributed by atoms with Crippen molar-refractivity contribution in [3.05, 3.63) is 51.5 Å². The molecule has 0 unspecified atom stereocenters. The second-order valence-electron chi connectivity index (χ2n) is 5.44. The molecule has 1 saturated carbocycles. The normalized spacial score (nSPS) is 13.3. The van der Waals surface area contributed by atoms with Gasteiger partial charge in [-0.2, -0.15) is 0 Å². The molecule has 0 bridgehead atoms. The van der Waals surface area contributed by atoms with Crippen LogP contribution in [0.3, 0.4) is 0 Å². The van der Waals surface area contributed by atoms with Crippen LogP contribution < -0.4 is 10.6 Å². The van der Waals surface area contributed by atoms with E-state index in [9.17, 15) is 14.4 Å². The fourth-order valence-electron chi connectivity index (χ4n) is 2.02. The molecule has 8 heteroatoms. The van der Waals surface area contributed by atoms with Gasteiger partial charge in [0.05, 0.1) is 6.54 Å². The number of benzene rings is 1. The van der Waals surface area contributed by atoms with Crippen molar-refractivity contribution in [2.75, 3.05) is 0 Å². The van der Waals surface area contributed by atoms with Crippen LogP contribution >= 0.6 is 11.3 Å². The SMILES string of the molecule is O=C(NCc1nc(C(=O)O)cs1)c1ccc(C(=O)NC2CC2)cc1. The standard InChI is InChI=1S/C16H15N3O4S/c20-14(17-7-13-19-12(8-24-13)16(22)23)9-1-3-10(4-2-9)15(21)18-11-5-6-11/h1-4,8,11H,5-7H2,(H,17,20)(H,18,21)(H,22,23).